The highest BCUT2D eigenvalue weighted by atomic mass is 32.2. The highest BCUT2D eigenvalue weighted by molar-refractivity contribution is 7.99. The first-order valence-electron chi connectivity index (χ1n) is 4.40. The van der Waals surface area contributed by atoms with Gasteiger partial charge in [0.05, 0.1) is 11.9 Å². The highest BCUT2D eigenvalue weighted by Gasteiger charge is 2.34. The van der Waals surface area contributed by atoms with Gasteiger partial charge in [-0.05, 0) is 6.92 Å². The van der Waals surface area contributed by atoms with Crippen LogP contribution in [0, 0.1) is 12.3 Å². The van der Waals surface area contributed by atoms with Gasteiger partial charge in [0, 0.05) is 5.75 Å². The Kier molecular flexibility index (Phi) is 3.86. The molecular weight excluding hydrogens is 216 g/mol. The number of urea groups is 1. The van der Waals surface area contributed by atoms with Gasteiger partial charge in [0.1, 0.15) is 6.04 Å². The van der Waals surface area contributed by atoms with Gasteiger partial charge in [-0.3, -0.25) is 0 Å². The Hall–Kier alpha value is -1.35. The van der Waals surface area contributed by atoms with Crippen LogP contribution in [0.1, 0.15) is 6.92 Å². The van der Waals surface area contributed by atoms with Gasteiger partial charge in [-0.2, -0.15) is 0 Å². The fraction of sp³-hybridized carbons (Fsp3) is 0.556. The van der Waals surface area contributed by atoms with E-state index in [0.29, 0.717) is 11.6 Å². The summed E-state index contributed by atoms with van der Waals surface area (Å²) in [5.74, 6) is 2.18. The highest BCUT2D eigenvalue weighted by Crippen LogP contribution is 2.20. The Labute approximate surface area is 92.2 Å². The van der Waals surface area contributed by atoms with E-state index >= 15 is 0 Å². The second kappa shape index (κ2) is 4.94. The molecule has 15 heavy (non-hydrogen) atoms. The van der Waals surface area contributed by atoms with Crippen LogP contribution in [0.2, 0.25) is 0 Å². The standard InChI is InChI=1S/C9H12N2O3S/c1-3-6(2)10-9(14)11-5-15-4-7(11)8(12)13/h1,6-7H,4-5H2,2H3,(H,10,14)(H,12,13)/t6?,7-/m0/s1. The van der Waals surface area contributed by atoms with Crippen LogP contribution in [0.3, 0.4) is 0 Å². The molecule has 0 aromatic heterocycles. The van der Waals surface area contributed by atoms with Gasteiger partial charge in [-0.25, -0.2) is 9.59 Å². The lowest BCUT2D eigenvalue weighted by Gasteiger charge is -2.21. The molecule has 0 radical (unpaired) electrons. The van der Waals surface area contributed by atoms with Gasteiger partial charge >= 0.3 is 12.0 Å². The number of thioether (sulfide) groups is 1. The van der Waals surface area contributed by atoms with E-state index in [4.69, 9.17) is 11.5 Å². The molecule has 5 nitrogen and oxygen atoms in total. The second-order valence-electron chi connectivity index (χ2n) is 3.16. The summed E-state index contributed by atoms with van der Waals surface area (Å²) in [6.07, 6.45) is 5.11. The number of carbonyl (C=O) groups excluding carboxylic acids is 1. The van der Waals surface area contributed by atoms with Gasteiger partial charge < -0.3 is 15.3 Å². The zero-order chi connectivity index (χ0) is 11.4. The van der Waals surface area contributed by atoms with Gasteiger partial charge in [-0.15, -0.1) is 18.2 Å². The number of rotatable bonds is 2. The third-order valence-electron chi connectivity index (χ3n) is 2.02. The predicted octanol–water partition coefficient (Wildman–Crippen LogP) is 0.177. The first kappa shape index (κ1) is 11.7. The number of carbonyl (C=O) groups is 2. The van der Waals surface area contributed by atoms with E-state index < -0.39 is 24.1 Å². The van der Waals surface area contributed by atoms with Crippen molar-refractivity contribution >= 4 is 23.8 Å². The van der Waals surface area contributed by atoms with Crippen molar-refractivity contribution in [3.8, 4) is 12.3 Å². The quantitative estimate of drug-likeness (QED) is 0.661. The molecule has 1 fully saturated rings. The first-order chi connectivity index (χ1) is 7.06. The van der Waals surface area contributed by atoms with Crippen molar-refractivity contribution in [1.82, 2.24) is 10.2 Å². The van der Waals surface area contributed by atoms with Crippen LogP contribution in [-0.4, -0.2) is 45.7 Å². The van der Waals surface area contributed by atoms with E-state index in [1.807, 2.05) is 0 Å². The number of carboxylic acid groups (broad SMARTS) is 1. The molecule has 2 N–H and O–H groups in total. The Bertz CT molecular complexity index is 313. The molecule has 1 aliphatic rings. The number of nitrogens with zero attached hydrogens (tertiary/aromatic N) is 1. The predicted molar refractivity (Wildman–Crippen MR) is 57.4 cm³/mol. The molecule has 1 aliphatic heterocycles. The van der Waals surface area contributed by atoms with E-state index in [1.165, 1.54) is 16.7 Å². The number of carboxylic acids is 1. The number of hydrogen-bond acceptors (Lipinski definition) is 3. The van der Waals surface area contributed by atoms with Crippen LogP contribution >= 0.6 is 11.8 Å². The smallest absolute Gasteiger partial charge is 0.327 e. The number of terminal acetylenes is 1. The molecule has 6 heteroatoms. The lowest BCUT2D eigenvalue weighted by Crippen LogP contribution is -2.48. The van der Waals surface area contributed by atoms with Crippen molar-refractivity contribution in [3.05, 3.63) is 0 Å². The third kappa shape index (κ3) is 2.80. The van der Waals surface area contributed by atoms with Crippen LogP contribution < -0.4 is 5.32 Å². The van der Waals surface area contributed by atoms with E-state index in [2.05, 4.69) is 11.2 Å². The molecule has 0 bridgehead atoms. The van der Waals surface area contributed by atoms with Crippen LogP contribution in [0.5, 0.6) is 0 Å². The molecule has 1 unspecified atom stereocenters. The first-order valence-corrected chi connectivity index (χ1v) is 5.55. The summed E-state index contributed by atoms with van der Waals surface area (Å²) >= 11 is 1.41. The summed E-state index contributed by atoms with van der Waals surface area (Å²) in [6, 6.07) is -1.56. The Morgan fingerprint density at radius 2 is 2.40 bits per heavy atom. The average Bonchev–Trinajstić information content (AvgIpc) is 2.65. The summed E-state index contributed by atoms with van der Waals surface area (Å²) in [5, 5.41) is 11.4. The number of amides is 2. The minimum Gasteiger partial charge on any atom is -0.480 e. The molecular formula is C9H12N2O3S. The summed E-state index contributed by atoms with van der Waals surface area (Å²) in [4.78, 5) is 23.6. The molecule has 82 valence electrons. The minimum atomic E-state index is -0.983. The number of hydrogen-bond donors (Lipinski definition) is 2. The molecule has 2 atom stereocenters. The van der Waals surface area contributed by atoms with Gasteiger partial charge in [0.2, 0.25) is 0 Å². The second-order valence-corrected chi connectivity index (χ2v) is 4.16. The SMILES string of the molecule is C#CC(C)NC(=O)N1CSC[C@H]1C(=O)O. The molecule has 0 aromatic rings. The van der Waals surface area contributed by atoms with E-state index in [-0.39, 0.29) is 0 Å². The maximum atomic E-state index is 11.6. The van der Waals surface area contributed by atoms with Crippen LogP contribution in [0.4, 0.5) is 4.79 Å². The van der Waals surface area contributed by atoms with Crippen molar-refractivity contribution in [2.75, 3.05) is 11.6 Å². The van der Waals surface area contributed by atoms with Gasteiger partial charge in [0.15, 0.2) is 0 Å². The largest absolute Gasteiger partial charge is 0.480 e. The summed E-state index contributed by atoms with van der Waals surface area (Å²) in [7, 11) is 0. The van der Waals surface area contributed by atoms with Crippen molar-refractivity contribution in [2.45, 2.75) is 19.0 Å². The third-order valence-corrected chi connectivity index (χ3v) is 3.03. The Morgan fingerprint density at radius 3 is 2.93 bits per heavy atom. The maximum Gasteiger partial charge on any atom is 0.327 e. The van der Waals surface area contributed by atoms with Crippen molar-refractivity contribution in [3.63, 3.8) is 0 Å². The normalized spacial score (nSPS) is 21.9. The fourth-order valence-electron chi connectivity index (χ4n) is 1.16. The lowest BCUT2D eigenvalue weighted by atomic mass is 10.3. The van der Waals surface area contributed by atoms with Gasteiger partial charge in [-0.1, -0.05) is 5.92 Å². The number of aliphatic carboxylic acids is 1. The monoisotopic (exact) mass is 228 g/mol. The zero-order valence-electron chi connectivity index (χ0n) is 8.27. The molecule has 1 saturated heterocycles. The molecule has 2 amide bonds. The van der Waals surface area contributed by atoms with Crippen molar-refractivity contribution < 1.29 is 14.7 Å². The van der Waals surface area contributed by atoms with Gasteiger partial charge in [0.25, 0.3) is 0 Å². The zero-order valence-corrected chi connectivity index (χ0v) is 9.08. The topological polar surface area (TPSA) is 69.6 Å². The van der Waals surface area contributed by atoms with Crippen LogP contribution in [0.15, 0.2) is 0 Å². The van der Waals surface area contributed by atoms with E-state index in [0.717, 1.165) is 0 Å². The molecule has 1 heterocycles. The van der Waals surface area contributed by atoms with Crippen LogP contribution in [0.25, 0.3) is 0 Å². The summed E-state index contributed by atoms with van der Waals surface area (Å²) < 4.78 is 0. The summed E-state index contributed by atoms with van der Waals surface area (Å²) in [6.45, 7) is 1.66. The molecule has 0 aliphatic carbocycles. The maximum absolute atomic E-state index is 11.6. The summed E-state index contributed by atoms with van der Waals surface area (Å²) in [5.41, 5.74) is 0. The van der Waals surface area contributed by atoms with Crippen LogP contribution in [-0.2, 0) is 4.79 Å². The average molecular weight is 228 g/mol. The lowest BCUT2D eigenvalue weighted by molar-refractivity contribution is -0.140. The fourth-order valence-corrected chi connectivity index (χ4v) is 2.30. The Morgan fingerprint density at radius 1 is 1.73 bits per heavy atom. The van der Waals surface area contributed by atoms with E-state index in [1.54, 1.807) is 6.92 Å². The molecule has 0 saturated carbocycles. The molecule has 0 spiro atoms. The molecule has 1 rings (SSSR count). The van der Waals surface area contributed by atoms with Crippen molar-refractivity contribution in [1.29, 1.82) is 0 Å². The minimum absolute atomic E-state index is 0.389. The Balaban J connectivity index is 2.59. The molecule has 0 aromatic carbocycles. The van der Waals surface area contributed by atoms with E-state index in [9.17, 15) is 9.59 Å². The number of nitrogens with one attached hydrogen (secondary N) is 1. The van der Waals surface area contributed by atoms with Crippen molar-refractivity contribution in [2.24, 2.45) is 0 Å².